The van der Waals surface area contributed by atoms with Crippen LogP contribution >= 0.6 is 0 Å². The van der Waals surface area contributed by atoms with Crippen LogP contribution in [0.2, 0.25) is 0 Å². The van der Waals surface area contributed by atoms with Crippen molar-refractivity contribution >= 4 is 0 Å². The van der Waals surface area contributed by atoms with Crippen molar-refractivity contribution in [3.63, 3.8) is 0 Å². The molecule has 0 radical (unpaired) electrons. The molecule has 1 aromatic rings. The zero-order valence-corrected chi connectivity index (χ0v) is 12.7. The van der Waals surface area contributed by atoms with E-state index in [-0.39, 0.29) is 11.7 Å². The predicted molar refractivity (Wildman–Crippen MR) is 82.9 cm³/mol. The summed E-state index contributed by atoms with van der Waals surface area (Å²) in [6.07, 6.45) is 9.18. The first-order chi connectivity index (χ1) is 9.81. The Balaban J connectivity index is 1.73. The molecule has 2 heteroatoms. The van der Waals surface area contributed by atoms with Gasteiger partial charge in [-0.2, -0.15) is 0 Å². The first-order valence-electron chi connectivity index (χ1n) is 8.29. The molecular weight excluding hydrogens is 246 g/mol. The third-order valence-electron chi connectivity index (χ3n) is 4.94. The number of ether oxygens (including phenoxy) is 1. The van der Waals surface area contributed by atoms with E-state index in [0.717, 1.165) is 19.5 Å². The average Bonchev–Trinajstić information content (AvgIpc) is 2.73. The van der Waals surface area contributed by atoms with Crippen LogP contribution in [0.15, 0.2) is 24.3 Å². The molecule has 1 saturated heterocycles. The van der Waals surface area contributed by atoms with E-state index in [1.54, 1.807) is 0 Å². The summed E-state index contributed by atoms with van der Waals surface area (Å²) in [7, 11) is 0. The third kappa shape index (κ3) is 3.07. The summed E-state index contributed by atoms with van der Waals surface area (Å²) in [6.45, 7) is 4.19. The van der Waals surface area contributed by atoms with Crippen LogP contribution < -0.4 is 5.32 Å². The van der Waals surface area contributed by atoms with Crippen LogP contribution in [0.5, 0.6) is 0 Å². The van der Waals surface area contributed by atoms with Gasteiger partial charge >= 0.3 is 0 Å². The van der Waals surface area contributed by atoms with Gasteiger partial charge in [0.15, 0.2) is 0 Å². The molecule has 2 aliphatic rings. The molecule has 2 nitrogen and oxygen atoms in total. The first kappa shape index (κ1) is 14.1. The van der Waals surface area contributed by atoms with Crippen LogP contribution in [0.3, 0.4) is 0 Å². The van der Waals surface area contributed by atoms with E-state index in [1.807, 2.05) is 0 Å². The number of nitrogens with one attached hydrogen (secondary N) is 1. The van der Waals surface area contributed by atoms with Crippen molar-refractivity contribution in [2.75, 3.05) is 13.1 Å². The van der Waals surface area contributed by atoms with E-state index in [0.29, 0.717) is 0 Å². The molecule has 1 spiro atoms. The highest BCUT2D eigenvalue weighted by atomic mass is 16.5. The number of aryl methyl sites for hydroxylation is 1. The molecule has 20 heavy (non-hydrogen) atoms. The quantitative estimate of drug-likeness (QED) is 0.879. The van der Waals surface area contributed by atoms with Crippen LogP contribution in [0, 0.1) is 0 Å². The van der Waals surface area contributed by atoms with Gasteiger partial charge in [0.25, 0.3) is 0 Å². The molecule has 0 bridgehead atoms. The Morgan fingerprint density at radius 2 is 1.80 bits per heavy atom. The number of hydrogen-bond donors (Lipinski definition) is 1. The zero-order chi connectivity index (χ0) is 13.8. The van der Waals surface area contributed by atoms with E-state index in [2.05, 4.69) is 36.5 Å². The Bertz CT molecular complexity index is 418. The van der Waals surface area contributed by atoms with Crippen molar-refractivity contribution in [3.05, 3.63) is 35.4 Å². The maximum Gasteiger partial charge on any atom is 0.0957 e. The van der Waals surface area contributed by atoms with Crippen LogP contribution in [0.1, 0.15) is 62.7 Å². The fraction of sp³-hybridized carbons (Fsp3) is 0.667. The second kappa shape index (κ2) is 6.28. The van der Waals surface area contributed by atoms with Gasteiger partial charge in [-0.25, -0.2) is 0 Å². The molecule has 1 unspecified atom stereocenters. The van der Waals surface area contributed by atoms with Gasteiger partial charge in [0, 0.05) is 13.1 Å². The molecule has 1 atom stereocenters. The molecule has 1 heterocycles. The Kier molecular flexibility index (Phi) is 4.42. The van der Waals surface area contributed by atoms with Gasteiger partial charge in [0.2, 0.25) is 0 Å². The van der Waals surface area contributed by atoms with Gasteiger partial charge in [-0.05, 0) is 30.4 Å². The maximum atomic E-state index is 6.59. The van der Waals surface area contributed by atoms with Crippen molar-refractivity contribution in [1.82, 2.24) is 5.32 Å². The molecule has 2 fully saturated rings. The summed E-state index contributed by atoms with van der Waals surface area (Å²) in [5.41, 5.74) is 2.84. The molecule has 1 saturated carbocycles. The number of rotatable bonds is 2. The lowest BCUT2D eigenvalue weighted by Crippen LogP contribution is -2.50. The Morgan fingerprint density at radius 3 is 2.45 bits per heavy atom. The minimum atomic E-state index is 0.100. The number of benzene rings is 1. The normalized spacial score (nSPS) is 26.4. The van der Waals surface area contributed by atoms with Gasteiger partial charge < -0.3 is 10.1 Å². The topological polar surface area (TPSA) is 21.3 Å². The Hall–Kier alpha value is -0.860. The Morgan fingerprint density at radius 1 is 1.10 bits per heavy atom. The summed E-state index contributed by atoms with van der Waals surface area (Å²) in [4.78, 5) is 0. The summed E-state index contributed by atoms with van der Waals surface area (Å²) in [5.74, 6) is 0. The lowest BCUT2D eigenvalue weighted by atomic mass is 9.91. The first-order valence-corrected chi connectivity index (χ1v) is 8.29. The van der Waals surface area contributed by atoms with Crippen LogP contribution in [0.4, 0.5) is 0 Å². The van der Waals surface area contributed by atoms with Crippen molar-refractivity contribution in [3.8, 4) is 0 Å². The Labute approximate surface area is 122 Å². The minimum absolute atomic E-state index is 0.100. The van der Waals surface area contributed by atoms with Crippen LogP contribution in [-0.2, 0) is 11.2 Å². The second-order valence-electron chi connectivity index (χ2n) is 6.43. The maximum absolute atomic E-state index is 6.59. The summed E-state index contributed by atoms with van der Waals surface area (Å²) in [5, 5.41) is 3.63. The average molecular weight is 273 g/mol. The van der Waals surface area contributed by atoms with Crippen LogP contribution in [0.25, 0.3) is 0 Å². The summed E-state index contributed by atoms with van der Waals surface area (Å²) >= 11 is 0. The molecule has 1 aliphatic carbocycles. The number of hydrogen-bond acceptors (Lipinski definition) is 2. The molecular formula is C18H27NO. The monoisotopic (exact) mass is 273 g/mol. The third-order valence-corrected chi connectivity index (χ3v) is 4.94. The van der Waals surface area contributed by atoms with Gasteiger partial charge in [0.1, 0.15) is 0 Å². The SMILES string of the molecule is CCc1ccc(C2CNCC3(CCCCCC3)O2)cc1. The largest absolute Gasteiger partial charge is 0.364 e. The summed E-state index contributed by atoms with van der Waals surface area (Å²) in [6, 6.07) is 8.99. The standard InChI is InChI=1S/C18H27NO/c1-2-15-7-9-16(10-8-15)17-13-19-14-18(20-17)11-5-3-4-6-12-18/h7-10,17,19H,2-6,11-14H2,1H3. The van der Waals surface area contributed by atoms with E-state index < -0.39 is 0 Å². The molecule has 1 aliphatic heterocycles. The van der Waals surface area contributed by atoms with E-state index in [9.17, 15) is 0 Å². The van der Waals surface area contributed by atoms with Gasteiger partial charge in [0.05, 0.1) is 11.7 Å². The lowest BCUT2D eigenvalue weighted by Gasteiger charge is -2.41. The molecule has 1 N–H and O–H groups in total. The molecule has 1 aromatic carbocycles. The van der Waals surface area contributed by atoms with Gasteiger partial charge in [-0.1, -0.05) is 56.9 Å². The van der Waals surface area contributed by atoms with Crippen molar-refractivity contribution in [2.45, 2.75) is 63.6 Å². The molecule has 110 valence electrons. The second-order valence-corrected chi connectivity index (χ2v) is 6.43. The zero-order valence-electron chi connectivity index (χ0n) is 12.7. The fourth-order valence-electron chi connectivity index (χ4n) is 3.64. The lowest BCUT2D eigenvalue weighted by molar-refractivity contribution is -0.126. The highest BCUT2D eigenvalue weighted by Gasteiger charge is 2.37. The highest BCUT2D eigenvalue weighted by Crippen LogP contribution is 2.37. The van der Waals surface area contributed by atoms with Crippen molar-refractivity contribution < 1.29 is 4.74 Å². The summed E-state index contributed by atoms with van der Waals surface area (Å²) < 4.78 is 6.59. The fourth-order valence-corrected chi connectivity index (χ4v) is 3.64. The van der Waals surface area contributed by atoms with Crippen molar-refractivity contribution in [2.24, 2.45) is 0 Å². The smallest absolute Gasteiger partial charge is 0.0957 e. The molecule has 0 amide bonds. The van der Waals surface area contributed by atoms with Gasteiger partial charge in [-0.3, -0.25) is 0 Å². The minimum Gasteiger partial charge on any atom is -0.364 e. The van der Waals surface area contributed by atoms with E-state index in [4.69, 9.17) is 4.74 Å². The number of morpholine rings is 1. The van der Waals surface area contributed by atoms with E-state index >= 15 is 0 Å². The molecule has 3 rings (SSSR count). The highest BCUT2D eigenvalue weighted by molar-refractivity contribution is 5.25. The van der Waals surface area contributed by atoms with Crippen LogP contribution in [-0.4, -0.2) is 18.7 Å². The predicted octanol–water partition coefficient (Wildman–Crippen LogP) is 4.00. The van der Waals surface area contributed by atoms with Crippen molar-refractivity contribution in [1.29, 1.82) is 0 Å². The molecule has 0 aromatic heterocycles. The van der Waals surface area contributed by atoms with Gasteiger partial charge in [-0.15, -0.1) is 0 Å². The van der Waals surface area contributed by atoms with E-state index in [1.165, 1.54) is 49.7 Å².